The highest BCUT2D eigenvalue weighted by molar-refractivity contribution is 7.13. The summed E-state index contributed by atoms with van der Waals surface area (Å²) < 4.78 is 0. The number of thiazole rings is 1. The second-order valence-electron chi connectivity index (χ2n) is 5.75. The minimum absolute atomic E-state index is 0.110. The number of nitrogens with zero attached hydrogens (tertiary/aromatic N) is 1. The Morgan fingerprint density at radius 1 is 1.50 bits per heavy atom. The van der Waals surface area contributed by atoms with Gasteiger partial charge in [-0.15, -0.1) is 11.3 Å². The van der Waals surface area contributed by atoms with Crippen molar-refractivity contribution in [3.05, 3.63) is 11.1 Å². The van der Waals surface area contributed by atoms with Crippen LogP contribution >= 0.6 is 11.3 Å². The lowest BCUT2D eigenvalue weighted by atomic mass is 9.85. The molecule has 1 aromatic rings. The van der Waals surface area contributed by atoms with Gasteiger partial charge in [0.15, 0.2) is 5.13 Å². The molecule has 20 heavy (non-hydrogen) atoms. The van der Waals surface area contributed by atoms with E-state index in [1.807, 2.05) is 6.92 Å². The van der Waals surface area contributed by atoms with Crippen molar-refractivity contribution in [3.8, 4) is 0 Å². The Bertz CT molecular complexity index is 491. The first kappa shape index (κ1) is 13.8. The number of carbonyl (C=O) groups excluding carboxylic acids is 1. The highest BCUT2D eigenvalue weighted by Gasteiger charge is 2.47. The first-order chi connectivity index (χ1) is 9.72. The molecule has 1 amide bonds. The summed E-state index contributed by atoms with van der Waals surface area (Å²) in [5.41, 5.74) is 0.477. The largest absolute Gasteiger partial charge is 0.396 e. The maximum Gasteiger partial charge on any atom is 0.271 e. The Hall–Kier alpha value is -1.14. The average molecular weight is 295 g/mol. The predicted octanol–water partition coefficient (Wildman–Crippen LogP) is 1.71. The maximum absolute atomic E-state index is 12.3. The summed E-state index contributed by atoms with van der Waals surface area (Å²) in [6.07, 6.45) is 3.52. The number of carbonyl (C=O) groups is 1. The van der Waals surface area contributed by atoms with E-state index in [1.54, 1.807) is 5.38 Å². The van der Waals surface area contributed by atoms with Crippen LogP contribution in [-0.2, 0) is 0 Å². The molecule has 110 valence electrons. The molecule has 1 heterocycles. The van der Waals surface area contributed by atoms with Gasteiger partial charge in [0.1, 0.15) is 5.69 Å². The van der Waals surface area contributed by atoms with Crippen molar-refractivity contribution in [1.82, 2.24) is 10.3 Å². The standard InChI is InChI=1S/C14H21N3O2S/c1-2-15-14-16-11(7-20-14)13(19)17-12-9-4-3-8(5-9)10(12)6-18/h7-10,12,18H,2-6H2,1H3,(H,15,16)(H,17,19). The zero-order chi connectivity index (χ0) is 14.1. The number of hydrogen-bond donors (Lipinski definition) is 3. The van der Waals surface area contributed by atoms with Gasteiger partial charge in [-0.05, 0) is 38.0 Å². The van der Waals surface area contributed by atoms with E-state index in [2.05, 4.69) is 15.6 Å². The first-order valence-electron chi connectivity index (χ1n) is 7.34. The van der Waals surface area contributed by atoms with Gasteiger partial charge in [-0.2, -0.15) is 0 Å². The SMILES string of the molecule is CCNc1nc(C(=O)NC2C3CCC(C3)C2CO)cs1. The molecule has 2 fully saturated rings. The van der Waals surface area contributed by atoms with Gasteiger partial charge in [0.05, 0.1) is 0 Å². The second kappa shape index (κ2) is 5.69. The summed E-state index contributed by atoms with van der Waals surface area (Å²) in [6, 6.07) is 0.121. The molecule has 3 rings (SSSR count). The highest BCUT2D eigenvalue weighted by Crippen LogP contribution is 2.48. The third-order valence-electron chi connectivity index (χ3n) is 4.66. The molecule has 2 saturated carbocycles. The van der Waals surface area contributed by atoms with Crippen LogP contribution in [0.2, 0.25) is 0 Å². The number of aromatic nitrogens is 1. The van der Waals surface area contributed by atoms with Crippen molar-refractivity contribution in [2.75, 3.05) is 18.5 Å². The minimum atomic E-state index is -0.110. The summed E-state index contributed by atoms with van der Waals surface area (Å²) >= 11 is 1.45. The fourth-order valence-electron chi connectivity index (χ4n) is 3.73. The molecule has 0 aliphatic heterocycles. The lowest BCUT2D eigenvalue weighted by Crippen LogP contribution is -2.45. The van der Waals surface area contributed by atoms with Gasteiger partial charge in [0, 0.05) is 30.5 Å². The van der Waals surface area contributed by atoms with Crippen LogP contribution in [0.25, 0.3) is 0 Å². The Morgan fingerprint density at radius 2 is 2.30 bits per heavy atom. The summed E-state index contributed by atoms with van der Waals surface area (Å²) in [4.78, 5) is 16.6. The van der Waals surface area contributed by atoms with Crippen molar-refractivity contribution in [2.24, 2.45) is 17.8 Å². The van der Waals surface area contributed by atoms with Gasteiger partial charge in [0.2, 0.25) is 0 Å². The predicted molar refractivity (Wildman–Crippen MR) is 78.9 cm³/mol. The van der Waals surface area contributed by atoms with Crippen LogP contribution < -0.4 is 10.6 Å². The van der Waals surface area contributed by atoms with E-state index in [0.717, 1.165) is 18.1 Å². The quantitative estimate of drug-likeness (QED) is 0.773. The zero-order valence-electron chi connectivity index (χ0n) is 11.6. The molecule has 2 aliphatic rings. The van der Waals surface area contributed by atoms with E-state index in [1.165, 1.54) is 24.2 Å². The Morgan fingerprint density at radius 3 is 3.05 bits per heavy atom. The molecule has 3 N–H and O–H groups in total. The molecule has 1 aromatic heterocycles. The molecule has 2 aliphatic carbocycles. The van der Waals surface area contributed by atoms with Crippen LogP contribution in [0.4, 0.5) is 5.13 Å². The molecule has 0 spiro atoms. The van der Waals surface area contributed by atoms with Crippen LogP contribution in [0.1, 0.15) is 36.7 Å². The summed E-state index contributed by atoms with van der Waals surface area (Å²) in [6.45, 7) is 2.97. The Labute approximate surface area is 122 Å². The normalized spacial score (nSPS) is 31.5. The number of nitrogens with one attached hydrogen (secondary N) is 2. The van der Waals surface area contributed by atoms with Crippen molar-refractivity contribution in [2.45, 2.75) is 32.2 Å². The van der Waals surface area contributed by atoms with E-state index >= 15 is 0 Å². The van der Waals surface area contributed by atoms with E-state index in [4.69, 9.17) is 0 Å². The fraction of sp³-hybridized carbons (Fsp3) is 0.714. The third kappa shape index (κ3) is 2.42. The van der Waals surface area contributed by atoms with Gasteiger partial charge in [0.25, 0.3) is 5.91 Å². The number of aliphatic hydroxyl groups is 1. The van der Waals surface area contributed by atoms with Crippen molar-refractivity contribution < 1.29 is 9.90 Å². The number of anilines is 1. The molecule has 0 radical (unpaired) electrons. The van der Waals surface area contributed by atoms with Gasteiger partial charge >= 0.3 is 0 Å². The molecule has 0 aromatic carbocycles. The third-order valence-corrected chi connectivity index (χ3v) is 5.46. The van der Waals surface area contributed by atoms with E-state index in [-0.39, 0.29) is 24.5 Å². The fourth-order valence-corrected chi connectivity index (χ4v) is 4.50. The first-order valence-corrected chi connectivity index (χ1v) is 8.22. The Kier molecular flexibility index (Phi) is 3.94. The summed E-state index contributed by atoms with van der Waals surface area (Å²) in [5, 5.41) is 18.3. The topological polar surface area (TPSA) is 74.2 Å². The number of hydrogen-bond acceptors (Lipinski definition) is 5. The summed E-state index contributed by atoms with van der Waals surface area (Å²) in [7, 11) is 0. The number of rotatable bonds is 5. The average Bonchev–Trinajstić information content (AvgIpc) is 3.13. The smallest absolute Gasteiger partial charge is 0.271 e. The molecule has 0 saturated heterocycles. The number of fused-ring (bicyclic) bond motifs is 2. The molecular weight excluding hydrogens is 274 g/mol. The molecule has 4 atom stereocenters. The number of aliphatic hydroxyl groups excluding tert-OH is 1. The van der Waals surface area contributed by atoms with Gasteiger partial charge in [-0.3, -0.25) is 4.79 Å². The van der Waals surface area contributed by atoms with Gasteiger partial charge in [-0.1, -0.05) is 0 Å². The Balaban J connectivity index is 1.66. The molecule has 6 heteroatoms. The maximum atomic E-state index is 12.3. The lowest BCUT2D eigenvalue weighted by molar-refractivity contribution is 0.0857. The van der Waals surface area contributed by atoms with Gasteiger partial charge < -0.3 is 15.7 Å². The summed E-state index contributed by atoms with van der Waals surface area (Å²) in [5.74, 6) is 1.24. The van der Waals surface area contributed by atoms with Crippen molar-refractivity contribution in [3.63, 3.8) is 0 Å². The van der Waals surface area contributed by atoms with E-state index in [0.29, 0.717) is 17.5 Å². The monoisotopic (exact) mass is 295 g/mol. The van der Waals surface area contributed by atoms with Crippen molar-refractivity contribution in [1.29, 1.82) is 0 Å². The van der Waals surface area contributed by atoms with Crippen LogP contribution in [0, 0.1) is 17.8 Å². The molecular formula is C14H21N3O2S. The van der Waals surface area contributed by atoms with Gasteiger partial charge in [-0.25, -0.2) is 4.98 Å². The lowest BCUT2D eigenvalue weighted by Gasteiger charge is -2.30. The zero-order valence-corrected chi connectivity index (χ0v) is 12.4. The molecule has 4 unspecified atom stereocenters. The van der Waals surface area contributed by atoms with Crippen LogP contribution in [0.15, 0.2) is 5.38 Å². The van der Waals surface area contributed by atoms with Crippen LogP contribution in [-0.4, -0.2) is 35.2 Å². The van der Waals surface area contributed by atoms with Crippen LogP contribution in [0.3, 0.4) is 0 Å². The van der Waals surface area contributed by atoms with E-state index in [9.17, 15) is 9.90 Å². The van der Waals surface area contributed by atoms with E-state index < -0.39 is 0 Å². The second-order valence-corrected chi connectivity index (χ2v) is 6.61. The number of amides is 1. The minimum Gasteiger partial charge on any atom is -0.396 e. The molecule has 2 bridgehead atoms. The highest BCUT2D eigenvalue weighted by atomic mass is 32.1. The van der Waals surface area contributed by atoms with Crippen LogP contribution in [0.5, 0.6) is 0 Å². The molecule has 5 nitrogen and oxygen atoms in total. The van der Waals surface area contributed by atoms with Crippen molar-refractivity contribution >= 4 is 22.4 Å².